The molecule has 0 fully saturated rings. The van der Waals surface area contributed by atoms with Crippen molar-refractivity contribution in [3.8, 4) is 0 Å². The van der Waals surface area contributed by atoms with E-state index in [4.69, 9.17) is 11.6 Å². The van der Waals surface area contributed by atoms with Crippen LogP contribution in [0.5, 0.6) is 0 Å². The van der Waals surface area contributed by atoms with Crippen LogP contribution in [0.3, 0.4) is 0 Å². The number of amides is 1. The number of aromatic nitrogens is 2. The maximum Gasteiger partial charge on any atom is 0.276 e. The normalized spacial score (nSPS) is 10.2. The van der Waals surface area contributed by atoms with Gasteiger partial charge in [-0.3, -0.25) is 4.79 Å². The molecule has 1 aromatic heterocycles. The van der Waals surface area contributed by atoms with Gasteiger partial charge < -0.3 is 10.6 Å². The van der Waals surface area contributed by atoms with Crippen LogP contribution in [0.1, 0.15) is 16.1 Å². The van der Waals surface area contributed by atoms with E-state index in [0.717, 1.165) is 5.69 Å². The molecule has 0 radical (unpaired) electrons. The first-order valence-corrected chi connectivity index (χ1v) is 7.72. The first kappa shape index (κ1) is 16.0. The first-order chi connectivity index (χ1) is 11.6. The Morgan fingerprint density at radius 3 is 2.17 bits per heavy atom. The Morgan fingerprint density at radius 2 is 1.54 bits per heavy atom. The van der Waals surface area contributed by atoms with Crippen LogP contribution in [0.15, 0.2) is 60.7 Å². The monoisotopic (exact) mass is 338 g/mol. The summed E-state index contributed by atoms with van der Waals surface area (Å²) in [5, 5.41) is 14.5. The summed E-state index contributed by atoms with van der Waals surface area (Å²) < 4.78 is 0. The van der Waals surface area contributed by atoms with Crippen LogP contribution in [0.25, 0.3) is 0 Å². The highest BCUT2D eigenvalue weighted by atomic mass is 35.5. The predicted molar refractivity (Wildman–Crippen MR) is 95.9 cm³/mol. The summed E-state index contributed by atoms with van der Waals surface area (Å²) >= 11 is 5.82. The Bertz CT molecular complexity index is 830. The van der Waals surface area contributed by atoms with E-state index in [1.165, 1.54) is 5.56 Å². The quantitative estimate of drug-likeness (QED) is 0.738. The molecule has 1 amide bonds. The second-order valence-electron chi connectivity index (χ2n) is 5.26. The van der Waals surface area contributed by atoms with E-state index in [-0.39, 0.29) is 11.6 Å². The molecule has 0 aliphatic carbocycles. The fourth-order valence-corrected chi connectivity index (χ4v) is 2.16. The maximum atomic E-state index is 12.1. The number of carbonyl (C=O) groups excluding carboxylic acids is 1. The summed E-state index contributed by atoms with van der Waals surface area (Å²) in [6.45, 7) is 2.03. The lowest BCUT2D eigenvalue weighted by Gasteiger charge is -2.07. The predicted octanol–water partition coefficient (Wildman–Crippen LogP) is 4.43. The Kier molecular flexibility index (Phi) is 4.72. The number of carbonyl (C=O) groups is 1. The fraction of sp³-hybridized carbons (Fsp3) is 0.0556. The van der Waals surface area contributed by atoms with Gasteiger partial charge in [-0.1, -0.05) is 29.3 Å². The zero-order valence-electron chi connectivity index (χ0n) is 13.0. The lowest BCUT2D eigenvalue weighted by atomic mass is 10.2. The van der Waals surface area contributed by atoms with E-state index in [0.29, 0.717) is 16.5 Å². The minimum atomic E-state index is -0.327. The number of aryl methyl sites for hydroxylation is 1. The number of rotatable bonds is 4. The van der Waals surface area contributed by atoms with Crippen molar-refractivity contribution in [3.63, 3.8) is 0 Å². The molecule has 3 rings (SSSR count). The molecule has 5 nitrogen and oxygen atoms in total. The molecule has 0 aliphatic heterocycles. The van der Waals surface area contributed by atoms with Crippen LogP contribution in [0.2, 0.25) is 5.02 Å². The Morgan fingerprint density at radius 1 is 0.875 bits per heavy atom. The number of hydrogen-bond donors (Lipinski definition) is 2. The zero-order valence-corrected chi connectivity index (χ0v) is 13.7. The van der Waals surface area contributed by atoms with Crippen molar-refractivity contribution in [2.24, 2.45) is 0 Å². The second kappa shape index (κ2) is 7.10. The zero-order chi connectivity index (χ0) is 16.9. The van der Waals surface area contributed by atoms with Crippen molar-refractivity contribution in [2.45, 2.75) is 6.92 Å². The third-order valence-electron chi connectivity index (χ3n) is 3.32. The molecule has 0 saturated heterocycles. The van der Waals surface area contributed by atoms with Crippen molar-refractivity contribution < 1.29 is 4.79 Å². The summed E-state index contributed by atoms with van der Waals surface area (Å²) in [4.78, 5) is 12.1. The van der Waals surface area contributed by atoms with Gasteiger partial charge in [0.1, 0.15) is 0 Å². The van der Waals surface area contributed by atoms with Gasteiger partial charge in [0, 0.05) is 16.4 Å². The third-order valence-corrected chi connectivity index (χ3v) is 3.58. The molecule has 24 heavy (non-hydrogen) atoms. The van der Waals surface area contributed by atoms with Crippen LogP contribution in [-0.4, -0.2) is 16.1 Å². The molecule has 120 valence electrons. The summed E-state index contributed by atoms with van der Waals surface area (Å²) in [6, 6.07) is 18.1. The minimum absolute atomic E-state index is 0.236. The van der Waals surface area contributed by atoms with Gasteiger partial charge in [-0.05, 0) is 55.5 Å². The molecule has 0 unspecified atom stereocenters. The number of hydrogen-bond acceptors (Lipinski definition) is 4. The number of anilines is 3. The van der Waals surface area contributed by atoms with Crippen molar-refractivity contribution in [2.75, 3.05) is 10.6 Å². The Balaban J connectivity index is 1.66. The Hall–Kier alpha value is -2.92. The van der Waals surface area contributed by atoms with Crippen LogP contribution in [0.4, 0.5) is 17.2 Å². The maximum absolute atomic E-state index is 12.1. The van der Waals surface area contributed by atoms with E-state index >= 15 is 0 Å². The topological polar surface area (TPSA) is 66.9 Å². The van der Waals surface area contributed by atoms with E-state index in [9.17, 15) is 4.79 Å². The number of benzene rings is 2. The summed E-state index contributed by atoms with van der Waals surface area (Å²) in [5.41, 5.74) is 2.97. The third kappa shape index (κ3) is 4.08. The lowest BCUT2D eigenvalue weighted by Crippen LogP contribution is -2.14. The van der Waals surface area contributed by atoms with Crippen LogP contribution < -0.4 is 10.6 Å². The van der Waals surface area contributed by atoms with Gasteiger partial charge in [-0.25, -0.2) is 0 Å². The van der Waals surface area contributed by atoms with E-state index in [1.54, 1.807) is 36.4 Å². The molecule has 1 heterocycles. The molecule has 3 aromatic rings. The van der Waals surface area contributed by atoms with Gasteiger partial charge in [0.05, 0.1) is 0 Å². The smallest absolute Gasteiger partial charge is 0.276 e. The second-order valence-corrected chi connectivity index (χ2v) is 5.69. The van der Waals surface area contributed by atoms with Crippen LogP contribution in [0, 0.1) is 6.92 Å². The SMILES string of the molecule is Cc1ccc(Nc2ccc(C(=O)Nc3ccc(Cl)cc3)nn2)cc1. The Labute approximate surface area is 144 Å². The molecule has 0 aliphatic rings. The van der Waals surface area contributed by atoms with E-state index < -0.39 is 0 Å². The average Bonchev–Trinajstić information content (AvgIpc) is 2.59. The van der Waals surface area contributed by atoms with Gasteiger partial charge >= 0.3 is 0 Å². The van der Waals surface area contributed by atoms with Gasteiger partial charge in [0.25, 0.3) is 5.91 Å². The van der Waals surface area contributed by atoms with E-state index in [1.807, 2.05) is 31.2 Å². The van der Waals surface area contributed by atoms with Gasteiger partial charge in [0.2, 0.25) is 0 Å². The van der Waals surface area contributed by atoms with Crippen molar-refractivity contribution >= 4 is 34.7 Å². The largest absolute Gasteiger partial charge is 0.339 e. The molecular weight excluding hydrogens is 324 g/mol. The van der Waals surface area contributed by atoms with Crippen LogP contribution >= 0.6 is 11.6 Å². The van der Waals surface area contributed by atoms with Gasteiger partial charge in [-0.15, -0.1) is 10.2 Å². The molecule has 0 bridgehead atoms. The minimum Gasteiger partial charge on any atom is -0.339 e. The number of halogens is 1. The molecule has 2 N–H and O–H groups in total. The number of nitrogens with one attached hydrogen (secondary N) is 2. The van der Waals surface area contributed by atoms with Crippen molar-refractivity contribution in [3.05, 3.63) is 76.9 Å². The first-order valence-electron chi connectivity index (χ1n) is 7.34. The molecule has 0 spiro atoms. The summed E-state index contributed by atoms with van der Waals surface area (Å²) in [6.07, 6.45) is 0. The van der Waals surface area contributed by atoms with Gasteiger partial charge in [0.15, 0.2) is 11.5 Å². The average molecular weight is 339 g/mol. The molecule has 2 aromatic carbocycles. The fourth-order valence-electron chi connectivity index (χ4n) is 2.03. The molecule has 0 saturated carbocycles. The highest BCUT2D eigenvalue weighted by molar-refractivity contribution is 6.30. The highest BCUT2D eigenvalue weighted by Crippen LogP contribution is 2.16. The standard InChI is InChI=1S/C18H15ClN4O/c1-12-2-6-14(7-3-12)20-17-11-10-16(22-23-17)18(24)21-15-8-4-13(19)5-9-15/h2-11H,1H3,(H,20,23)(H,21,24). The summed E-state index contributed by atoms with van der Waals surface area (Å²) in [5.74, 6) is 0.244. The number of nitrogens with zero attached hydrogens (tertiary/aromatic N) is 2. The summed E-state index contributed by atoms with van der Waals surface area (Å²) in [7, 11) is 0. The molecular formula is C18H15ClN4O. The molecule has 6 heteroatoms. The van der Waals surface area contributed by atoms with E-state index in [2.05, 4.69) is 20.8 Å². The van der Waals surface area contributed by atoms with Gasteiger partial charge in [-0.2, -0.15) is 0 Å². The van der Waals surface area contributed by atoms with Crippen molar-refractivity contribution in [1.82, 2.24) is 10.2 Å². The lowest BCUT2D eigenvalue weighted by molar-refractivity contribution is 0.102. The molecule has 0 atom stereocenters. The van der Waals surface area contributed by atoms with Crippen molar-refractivity contribution in [1.29, 1.82) is 0 Å². The highest BCUT2D eigenvalue weighted by Gasteiger charge is 2.09. The van der Waals surface area contributed by atoms with Crippen LogP contribution in [-0.2, 0) is 0 Å².